The molecule has 0 spiro atoms. The molecule has 1 heteroatoms. The van der Waals surface area contributed by atoms with Gasteiger partial charge in [-0.05, 0) is 55.1 Å². The van der Waals surface area contributed by atoms with Gasteiger partial charge in [0.25, 0.3) is 0 Å². The fraction of sp³-hybridized carbons (Fsp3) is 0.667. The van der Waals surface area contributed by atoms with Crippen molar-refractivity contribution in [2.24, 2.45) is 17.8 Å². The van der Waals surface area contributed by atoms with E-state index in [-0.39, 0.29) is 0 Å². The van der Waals surface area contributed by atoms with Gasteiger partial charge in [-0.3, -0.25) is 4.98 Å². The number of nitrogens with zero attached hydrogens (tertiary/aromatic N) is 1. The Bertz CT molecular complexity index is 317. The zero-order valence-corrected chi connectivity index (χ0v) is 10.7. The van der Waals surface area contributed by atoms with Crippen LogP contribution < -0.4 is 0 Å². The largest absolute Gasteiger partial charge is 0.261 e. The molecule has 1 heterocycles. The van der Waals surface area contributed by atoms with E-state index < -0.39 is 0 Å². The van der Waals surface area contributed by atoms with Gasteiger partial charge in [0.2, 0.25) is 0 Å². The fourth-order valence-electron chi connectivity index (χ4n) is 2.74. The van der Waals surface area contributed by atoms with E-state index in [0.29, 0.717) is 5.92 Å². The van der Waals surface area contributed by atoms with Gasteiger partial charge in [-0.1, -0.05) is 26.8 Å². The molecule has 1 aromatic heterocycles. The van der Waals surface area contributed by atoms with E-state index in [2.05, 4.69) is 37.9 Å². The maximum atomic E-state index is 4.45. The maximum Gasteiger partial charge on any atom is 0.0431 e. The lowest BCUT2D eigenvalue weighted by Crippen LogP contribution is -1.99. The Labute approximate surface area is 99.3 Å². The molecule has 1 saturated carbocycles. The van der Waals surface area contributed by atoms with Gasteiger partial charge in [0.1, 0.15) is 0 Å². The third-order valence-corrected chi connectivity index (χ3v) is 3.69. The van der Waals surface area contributed by atoms with Gasteiger partial charge in [0, 0.05) is 11.9 Å². The number of rotatable bonds is 5. The van der Waals surface area contributed by atoms with Crippen molar-refractivity contribution in [1.29, 1.82) is 0 Å². The Morgan fingerprint density at radius 2 is 1.94 bits per heavy atom. The summed E-state index contributed by atoms with van der Waals surface area (Å²) in [6, 6.07) is 6.25. The van der Waals surface area contributed by atoms with Crippen LogP contribution >= 0.6 is 0 Å². The second-order valence-corrected chi connectivity index (χ2v) is 5.78. The first-order valence-corrected chi connectivity index (χ1v) is 6.57. The molecule has 0 saturated heterocycles. The van der Waals surface area contributed by atoms with Gasteiger partial charge in [-0.15, -0.1) is 0 Å². The maximum absolute atomic E-state index is 4.45. The summed E-state index contributed by atoms with van der Waals surface area (Å²) in [5.41, 5.74) is 1.26. The van der Waals surface area contributed by atoms with Gasteiger partial charge >= 0.3 is 0 Å². The lowest BCUT2D eigenvalue weighted by molar-refractivity contribution is 0.485. The predicted molar refractivity (Wildman–Crippen MR) is 68.3 cm³/mol. The molecule has 0 N–H and O–H groups in total. The van der Waals surface area contributed by atoms with Crippen LogP contribution in [0.15, 0.2) is 24.4 Å². The highest BCUT2D eigenvalue weighted by molar-refractivity contribution is 5.09. The van der Waals surface area contributed by atoms with Crippen LogP contribution in [0.4, 0.5) is 0 Å². The van der Waals surface area contributed by atoms with Crippen LogP contribution in [0.25, 0.3) is 0 Å². The van der Waals surface area contributed by atoms with Crippen LogP contribution in [0.2, 0.25) is 0 Å². The van der Waals surface area contributed by atoms with Gasteiger partial charge < -0.3 is 0 Å². The van der Waals surface area contributed by atoms with Gasteiger partial charge in [-0.25, -0.2) is 0 Å². The average Bonchev–Trinajstić information content (AvgIpc) is 2.96. The molecular weight excluding hydrogens is 194 g/mol. The zero-order valence-electron chi connectivity index (χ0n) is 10.7. The second-order valence-electron chi connectivity index (χ2n) is 5.78. The molecule has 1 fully saturated rings. The summed E-state index contributed by atoms with van der Waals surface area (Å²) in [7, 11) is 0. The molecule has 1 nitrogen and oxygen atoms in total. The van der Waals surface area contributed by atoms with Crippen molar-refractivity contribution >= 4 is 0 Å². The van der Waals surface area contributed by atoms with E-state index >= 15 is 0 Å². The molecule has 0 amide bonds. The van der Waals surface area contributed by atoms with Crippen LogP contribution in [0.3, 0.4) is 0 Å². The lowest BCUT2D eigenvalue weighted by Gasteiger charge is -2.10. The molecule has 3 unspecified atom stereocenters. The highest BCUT2D eigenvalue weighted by atomic mass is 14.7. The van der Waals surface area contributed by atoms with Crippen LogP contribution in [-0.2, 0) is 0 Å². The Kier molecular flexibility index (Phi) is 3.63. The van der Waals surface area contributed by atoms with Crippen molar-refractivity contribution in [3.63, 3.8) is 0 Å². The summed E-state index contributed by atoms with van der Waals surface area (Å²) in [5, 5.41) is 0. The zero-order chi connectivity index (χ0) is 11.5. The Morgan fingerprint density at radius 1 is 1.19 bits per heavy atom. The molecule has 1 aromatic rings. The molecule has 0 radical (unpaired) electrons. The summed E-state index contributed by atoms with van der Waals surface area (Å²) >= 11 is 0. The van der Waals surface area contributed by atoms with Crippen molar-refractivity contribution in [3.05, 3.63) is 30.1 Å². The fourth-order valence-corrected chi connectivity index (χ4v) is 2.74. The van der Waals surface area contributed by atoms with Crippen LogP contribution in [-0.4, -0.2) is 4.98 Å². The first-order valence-electron chi connectivity index (χ1n) is 6.57. The van der Waals surface area contributed by atoms with Crippen LogP contribution in [0.5, 0.6) is 0 Å². The topological polar surface area (TPSA) is 12.9 Å². The number of hydrogen-bond donors (Lipinski definition) is 0. The second kappa shape index (κ2) is 4.99. The smallest absolute Gasteiger partial charge is 0.0431 e. The van der Waals surface area contributed by atoms with Crippen molar-refractivity contribution in [3.8, 4) is 0 Å². The Hall–Kier alpha value is -0.850. The molecule has 88 valence electrons. The molecule has 16 heavy (non-hydrogen) atoms. The third-order valence-electron chi connectivity index (χ3n) is 3.69. The number of aromatic nitrogens is 1. The molecule has 1 aliphatic carbocycles. The quantitative estimate of drug-likeness (QED) is 0.718. The van der Waals surface area contributed by atoms with E-state index in [0.717, 1.165) is 17.8 Å². The van der Waals surface area contributed by atoms with Gasteiger partial charge in [0.05, 0.1) is 0 Å². The van der Waals surface area contributed by atoms with E-state index in [4.69, 9.17) is 0 Å². The Morgan fingerprint density at radius 3 is 2.56 bits per heavy atom. The van der Waals surface area contributed by atoms with Crippen molar-refractivity contribution in [2.75, 3.05) is 0 Å². The monoisotopic (exact) mass is 217 g/mol. The highest BCUT2D eigenvalue weighted by Gasteiger charge is 2.37. The standard InChI is InChI=1S/C15H23N/c1-11(2)8-13-10-14(13)9-12(3)15-6-4-5-7-16-15/h4-7,11-14H,8-10H2,1-3H3. The molecular formula is C15H23N. The molecule has 0 bridgehead atoms. The van der Waals surface area contributed by atoms with E-state index in [9.17, 15) is 0 Å². The molecule has 0 aromatic carbocycles. The minimum atomic E-state index is 0.628. The molecule has 3 atom stereocenters. The highest BCUT2D eigenvalue weighted by Crippen LogP contribution is 2.48. The minimum absolute atomic E-state index is 0.628. The summed E-state index contributed by atoms with van der Waals surface area (Å²) in [4.78, 5) is 4.45. The molecule has 2 rings (SSSR count). The van der Waals surface area contributed by atoms with E-state index in [1.54, 1.807) is 0 Å². The van der Waals surface area contributed by atoms with Crippen molar-refractivity contribution < 1.29 is 0 Å². The number of hydrogen-bond acceptors (Lipinski definition) is 1. The summed E-state index contributed by atoms with van der Waals surface area (Å²) < 4.78 is 0. The predicted octanol–water partition coefficient (Wildman–Crippen LogP) is 4.26. The molecule has 1 aliphatic rings. The van der Waals surface area contributed by atoms with E-state index in [1.165, 1.54) is 25.0 Å². The SMILES string of the molecule is CC(C)CC1CC1CC(C)c1ccccn1. The Balaban J connectivity index is 1.79. The molecule has 0 aliphatic heterocycles. The summed E-state index contributed by atoms with van der Waals surface area (Å²) in [6.45, 7) is 6.97. The van der Waals surface area contributed by atoms with Crippen LogP contribution in [0.1, 0.15) is 51.6 Å². The summed E-state index contributed by atoms with van der Waals surface area (Å²) in [6.07, 6.45) is 6.10. The normalized spacial score (nSPS) is 25.8. The van der Waals surface area contributed by atoms with Crippen molar-refractivity contribution in [1.82, 2.24) is 4.98 Å². The average molecular weight is 217 g/mol. The first kappa shape index (κ1) is 11.6. The third kappa shape index (κ3) is 3.07. The lowest BCUT2D eigenvalue weighted by atomic mass is 9.97. The summed E-state index contributed by atoms with van der Waals surface area (Å²) in [5.74, 6) is 3.47. The number of pyridine rings is 1. The van der Waals surface area contributed by atoms with Crippen molar-refractivity contribution in [2.45, 2.75) is 46.0 Å². The van der Waals surface area contributed by atoms with Crippen LogP contribution in [0, 0.1) is 17.8 Å². The first-order chi connectivity index (χ1) is 7.66. The van der Waals surface area contributed by atoms with E-state index in [1.807, 2.05) is 12.3 Å². The van der Waals surface area contributed by atoms with Gasteiger partial charge in [-0.2, -0.15) is 0 Å². The van der Waals surface area contributed by atoms with Gasteiger partial charge in [0.15, 0.2) is 0 Å². The minimum Gasteiger partial charge on any atom is -0.261 e.